The average Bonchev–Trinajstić information content (AvgIpc) is 2.45. The van der Waals surface area contributed by atoms with Gasteiger partial charge in [-0.05, 0) is 50.0 Å². The molecule has 0 saturated carbocycles. The molecule has 130 valence electrons. The minimum Gasteiger partial charge on any atom is -0.417 e. The molecule has 1 atom stereocenters. The van der Waals surface area contributed by atoms with Crippen LogP contribution in [0, 0.1) is 6.92 Å². The summed E-state index contributed by atoms with van der Waals surface area (Å²) in [5.74, 6) is 0. The molecule has 0 aliphatic heterocycles. The van der Waals surface area contributed by atoms with E-state index < -0.39 is 19.1 Å². The first-order chi connectivity index (χ1) is 10.6. The van der Waals surface area contributed by atoms with Crippen molar-refractivity contribution in [3.05, 3.63) is 40.8 Å². The fourth-order valence-electron chi connectivity index (χ4n) is 1.86. The molecule has 1 aromatic rings. The Bertz CT molecular complexity index is 554. The summed E-state index contributed by atoms with van der Waals surface area (Å²) in [5, 5.41) is 2.13. The van der Waals surface area contributed by atoms with E-state index in [1.807, 2.05) is 36.6 Å². The Kier molecular flexibility index (Phi) is 7.43. The maximum atomic E-state index is 12.4. The predicted molar refractivity (Wildman–Crippen MR) is 104 cm³/mol. The summed E-state index contributed by atoms with van der Waals surface area (Å²) in [6, 6.07) is 7.91. The van der Waals surface area contributed by atoms with Crippen molar-refractivity contribution in [2.75, 3.05) is 6.61 Å². The SMILES string of the molecule is CC/C(=C/S(=O)c1ccc(C)cc1)CCO[Si](C)(C)C(C)(C)C. The number of aryl methyl sites for hydroxylation is 1. The van der Waals surface area contributed by atoms with Gasteiger partial charge in [0.1, 0.15) is 0 Å². The zero-order chi connectivity index (χ0) is 17.7. The fourth-order valence-corrected chi connectivity index (χ4v) is 4.04. The highest BCUT2D eigenvalue weighted by atomic mass is 32.2. The van der Waals surface area contributed by atoms with Crippen molar-refractivity contribution in [3.8, 4) is 0 Å². The molecule has 4 heteroatoms. The summed E-state index contributed by atoms with van der Waals surface area (Å²) in [5.41, 5.74) is 2.40. The lowest BCUT2D eigenvalue weighted by Crippen LogP contribution is -2.41. The van der Waals surface area contributed by atoms with Gasteiger partial charge in [-0.25, -0.2) is 4.21 Å². The number of rotatable bonds is 7. The largest absolute Gasteiger partial charge is 0.417 e. The summed E-state index contributed by atoms with van der Waals surface area (Å²) >= 11 is 0. The van der Waals surface area contributed by atoms with Crippen LogP contribution in [0.25, 0.3) is 0 Å². The van der Waals surface area contributed by atoms with Crippen molar-refractivity contribution in [1.82, 2.24) is 0 Å². The van der Waals surface area contributed by atoms with Crippen LogP contribution in [-0.2, 0) is 15.2 Å². The number of benzene rings is 1. The maximum Gasteiger partial charge on any atom is 0.191 e. The first-order valence-corrected chi connectivity index (χ1v) is 12.5. The second-order valence-corrected chi connectivity index (χ2v) is 13.7. The van der Waals surface area contributed by atoms with Crippen molar-refractivity contribution >= 4 is 19.1 Å². The Morgan fingerprint density at radius 2 is 1.78 bits per heavy atom. The third kappa shape index (κ3) is 6.36. The topological polar surface area (TPSA) is 26.3 Å². The minimum absolute atomic E-state index is 0.230. The Morgan fingerprint density at radius 3 is 2.26 bits per heavy atom. The molecule has 0 amide bonds. The Hall–Kier alpha value is -0.713. The summed E-state index contributed by atoms with van der Waals surface area (Å²) in [6.45, 7) is 16.2. The molecule has 0 aliphatic rings. The van der Waals surface area contributed by atoms with E-state index in [1.54, 1.807) is 0 Å². The molecular formula is C19H32O2SSi. The highest BCUT2D eigenvalue weighted by Gasteiger charge is 2.36. The Morgan fingerprint density at radius 1 is 1.22 bits per heavy atom. The molecule has 1 aromatic carbocycles. The molecule has 0 aliphatic carbocycles. The van der Waals surface area contributed by atoms with Gasteiger partial charge in [-0.2, -0.15) is 0 Å². The second kappa shape index (κ2) is 8.40. The van der Waals surface area contributed by atoms with Crippen LogP contribution in [0.15, 0.2) is 40.1 Å². The van der Waals surface area contributed by atoms with Gasteiger partial charge in [0, 0.05) is 16.9 Å². The molecule has 1 rings (SSSR count). The highest BCUT2D eigenvalue weighted by Crippen LogP contribution is 2.36. The smallest absolute Gasteiger partial charge is 0.191 e. The van der Waals surface area contributed by atoms with Crippen LogP contribution in [0.4, 0.5) is 0 Å². The minimum atomic E-state index is -1.70. The van der Waals surface area contributed by atoms with E-state index in [-0.39, 0.29) is 5.04 Å². The molecule has 0 bridgehead atoms. The number of hydrogen-bond acceptors (Lipinski definition) is 2. The Labute approximate surface area is 145 Å². The van der Waals surface area contributed by atoms with Crippen LogP contribution in [0.1, 0.15) is 46.1 Å². The summed E-state index contributed by atoms with van der Waals surface area (Å²) in [4.78, 5) is 0.867. The zero-order valence-electron chi connectivity index (χ0n) is 15.7. The van der Waals surface area contributed by atoms with Gasteiger partial charge in [0.25, 0.3) is 0 Å². The average molecular weight is 353 g/mol. The molecule has 23 heavy (non-hydrogen) atoms. The van der Waals surface area contributed by atoms with Crippen LogP contribution in [-0.4, -0.2) is 19.1 Å². The van der Waals surface area contributed by atoms with Gasteiger partial charge in [-0.3, -0.25) is 0 Å². The summed E-state index contributed by atoms with van der Waals surface area (Å²) < 4.78 is 18.7. The van der Waals surface area contributed by atoms with Gasteiger partial charge in [-0.1, -0.05) is 51.0 Å². The van der Waals surface area contributed by atoms with E-state index in [2.05, 4.69) is 40.8 Å². The zero-order valence-corrected chi connectivity index (χ0v) is 17.5. The summed E-state index contributed by atoms with van der Waals surface area (Å²) in [7, 11) is -2.77. The quantitative estimate of drug-likeness (QED) is 0.579. The molecule has 1 unspecified atom stereocenters. The van der Waals surface area contributed by atoms with Crippen molar-refractivity contribution in [3.63, 3.8) is 0 Å². The van der Waals surface area contributed by atoms with Gasteiger partial charge < -0.3 is 4.43 Å². The second-order valence-electron chi connectivity index (χ2n) is 7.60. The maximum absolute atomic E-state index is 12.4. The van der Waals surface area contributed by atoms with Crippen LogP contribution in [0.2, 0.25) is 18.1 Å². The van der Waals surface area contributed by atoms with E-state index in [0.29, 0.717) is 0 Å². The lowest BCUT2D eigenvalue weighted by atomic mass is 10.2. The van der Waals surface area contributed by atoms with E-state index in [4.69, 9.17) is 4.43 Å². The molecule has 0 aromatic heterocycles. The van der Waals surface area contributed by atoms with Gasteiger partial charge in [0.2, 0.25) is 0 Å². The molecule has 0 N–H and O–H groups in total. The van der Waals surface area contributed by atoms with Crippen molar-refractivity contribution < 1.29 is 8.63 Å². The van der Waals surface area contributed by atoms with Crippen molar-refractivity contribution in [1.29, 1.82) is 0 Å². The van der Waals surface area contributed by atoms with Crippen LogP contribution >= 0.6 is 0 Å². The van der Waals surface area contributed by atoms with Gasteiger partial charge >= 0.3 is 0 Å². The first-order valence-electron chi connectivity index (χ1n) is 8.37. The van der Waals surface area contributed by atoms with Gasteiger partial charge in [0.15, 0.2) is 8.32 Å². The third-order valence-electron chi connectivity index (χ3n) is 4.67. The lowest BCUT2D eigenvalue weighted by molar-refractivity contribution is 0.291. The monoisotopic (exact) mass is 352 g/mol. The van der Waals surface area contributed by atoms with E-state index in [9.17, 15) is 4.21 Å². The van der Waals surface area contributed by atoms with Gasteiger partial charge in [0.05, 0.1) is 10.8 Å². The van der Waals surface area contributed by atoms with Crippen LogP contribution < -0.4 is 0 Å². The molecule has 0 spiro atoms. The molecule has 0 fully saturated rings. The van der Waals surface area contributed by atoms with Crippen molar-refractivity contribution in [2.24, 2.45) is 0 Å². The fraction of sp³-hybridized carbons (Fsp3) is 0.579. The van der Waals surface area contributed by atoms with Gasteiger partial charge in [-0.15, -0.1) is 0 Å². The molecular weight excluding hydrogens is 320 g/mol. The van der Waals surface area contributed by atoms with Crippen LogP contribution in [0.3, 0.4) is 0 Å². The normalized spacial score (nSPS) is 14.8. The van der Waals surface area contributed by atoms with E-state index in [0.717, 1.165) is 24.3 Å². The first kappa shape index (κ1) is 20.3. The highest BCUT2D eigenvalue weighted by molar-refractivity contribution is 7.88. The van der Waals surface area contributed by atoms with Crippen molar-refractivity contribution in [2.45, 2.75) is 70.5 Å². The van der Waals surface area contributed by atoms with E-state index >= 15 is 0 Å². The third-order valence-corrected chi connectivity index (χ3v) is 10.5. The number of hydrogen-bond donors (Lipinski definition) is 0. The Balaban J connectivity index is 2.66. The summed E-state index contributed by atoms with van der Waals surface area (Å²) in [6.07, 6.45) is 1.78. The molecule has 0 heterocycles. The molecule has 0 saturated heterocycles. The van der Waals surface area contributed by atoms with E-state index in [1.165, 1.54) is 11.1 Å². The standard InChI is InChI=1S/C19H32O2SSi/c1-8-17(13-14-21-23(6,7)19(3,4)5)15-22(20)18-11-9-16(2)10-12-18/h9-12,15H,8,13-14H2,1-7H3/b17-15-. The molecule has 0 radical (unpaired) electrons. The lowest BCUT2D eigenvalue weighted by Gasteiger charge is -2.36. The van der Waals surface area contributed by atoms with Crippen LogP contribution in [0.5, 0.6) is 0 Å². The predicted octanol–water partition coefficient (Wildman–Crippen LogP) is 5.81. The molecule has 2 nitrogen and oxygen atoms in total.